The molecule has 0 radical (unpaired) electrons. The number of rotatable bonds is 6. The van der Waals surface area contributed by atoms with Crippen LogP contribution < -0.4 is 10.6 Å². The van der Waals surface area contributed by atoms with Crippen LogP contribution in [0.2, 0.25) is 0 Å². The Labute approximate surface area is 161 Å². The Kier molecular flexibility index (Phi) is 6.03. The quantitative estimate of drug-likeness (QED) is 0.507. The second-order valence-electron chi connectivity index (χ2n) is 6.08. The highest BCUT2D eigenvalue weighted by Gasteiger charge is 2.11. The van der Waals surface area contributed by atoms with E-state index in [1.165, 1.54) is 18.1 Å². The molecule has 138 valence electrons. The lowest BCUT2D eigenvalue weighted by Gasteiger charge is -2.12. The molecule has 1 aromatic heterocycles. The van der Waals surface area contributed by atoms with Gasteiger partial charge >= 0.3 is 0 Å². The summed E-state index contributed by atoms with van der Waals surface area (Å²) in [5.74, 6) is -0.296. The smallest absolute Gasteiger partial charge is 0.243 e. The summed E-state index contributed by atoms with van der Waals surface area (Å²) in [6.07, 6.45) is 1.49. The lowest BCUT2D eigenvalue weighted by atomic mass is 10.1. The minimum Gasteiger partial charge on any atom is -0.346 e. The normalized spacial score (nSPS) is 10.6. The van der Waals surface area contributed by atoms with Crippen LogP contribution in [-0.4, -0.2) is 34.1 Å². The van der Waals surface area contributed by atoms with Gasteiger partial charge in [-0.05, 0) is 31.0 Å². The van der Waals surface area contributed by atoms with Crippen molar-refractivity contribution in [2.45, 2.75) is 18.9 Å². The summed E-state index contributed by atoms with van der Waals surface area (Å²) in [7, 11) is 0. The van der Waals surface area contributed by atoms with E-state index >= 15 is 0 Å². The zero-order chi connectivity index (χ0) is 19.2. The zero-order valence-corrected chi connectivity index (χ0v) is 16.0. The largest absolute Gasteiger partial charge is 0.346 e. The number of nitrogens with zero attached hydrogens (tertiary/aromatic N) is 2. The molecule has 0 bridgehead atoms. The summed E-state index contributed by atoms with van der Waals surface area (Å²) >= 11 is 1.32. The highest BCUT2D eigenvalue weighted by atomic mass is 32.2. The van der Waals surface area contributed by atoms with E-state index in [-0.39, 0.29) is 24.1 Å². The number of aryl methyl sites for hydroxylation is 2. The Morgan fingerprint density at radius 2 is 1.70 bits per heavy atom. The van der Waals surface area contributed by atoms with E-state index in [1.807, 2.05) is 56.3 Å². The first-order valence-electron chi connectivity index (χ1n) is 8.50. The van der Waals surface area contributed by atoms with Crippen LogP contribution in [0.15, 0.2) is 53.8 Å². The first-order chi connectivity index (χ1) is 13.0. The van der Waals surface area contributed by atoms with Gasteiger partial charge in [-0.3, -0.25) is 9.59 Å². The number of benzene rings is 2. The Hall–Kier alpha value is -2.93. The number of aromatic nitrogens is 2. The summed E-state index contributed by atoms with van der Waals surface area (Å²) < 4.78 is 0. The van der Waals surface area contributed by atoms with E-state index in [9.17, 15) is 9.59 Å². The van der Waals surface area contributed by atoms with Crippen molar-refractivity contribution >= 4 is 40.2 Å². The molecule has 7 heteroatoms. The van der Waals surface area contributed by atoms with Crippen LogP contribution >= 0.6 is 11.8 Å². The maximum Gasteiger partial charge on any atom is 0.243 e. The lowest BCUT2D eigenvalue weighted by Crippen LogP contribution is -2.34. The van der Waals surface area contributed by atoms with Crippen molar-refractivity contribution in [1.82, 2.24) is 15.3 Å². The second kappa shape index (κ2) is 8.64. The fourth-order valence-corrected chi connectivity index (χ4v) is 3.47. The maximum atomic E-state index is 12.1. The van der Waals surface area contributed by atoms with Crippen molar-refractivity contribution in [3.05, 3.63) is 59.9 Å². The first-order valence-corrected chi connectivity index (χ1v) is 9.48. The Balaban J connectivity index is 1.52. The molecule has 2 amide bonds. The van der Waals surface area contributed by atoms with E-state index in [0.717, 1.165) is 32.7 Å². The van der Waals surface area contributed by atoms with Gasteiger partial charge < -0.3 is 10.6 Å². The number of hydrogen-bond donors (Lipinski definition) is 2. The summed E-state index contributed by atoms with van der Waals surface area (Å²) in [5, 5.41) is 7.15. The second-order valence-corrected chi connectivity index (χ2v) is 7.04. The van der Waals surface area contributed by atoms with Gasteiger partial charge in [-0.25, -0.2) is 9.97 Å². The number of carbonyl (C=O) groups excluding carboxylic acids is 2. The van der Waals surface area contributed by atoms with Crippen molar-refractivity contribution in [3.8, 4) is 0 Å². The molecule has 0 atom stereocenters. The van der Waals surface area contributed by atoms with E-state index < -0.39 is 0 Å². The van der Waals surface area contributed by atoms with Crippen molar-refractivity contribution < 1.29 is 9.59 Å². The number of nitrogens with one attached hydrogen (secondary N) is 2. The molecule has 3 rings (SSSR count). The van der Waals surface area contributed by atoms with E-state index in [0.29, 0.717) is 0 Å². The topological polar surface area (TPSA) is 84.0 Å². The standard InChI is InChI=1S/C20H20N4O2S/c1-13-6-5-7-14(2)19(13)24-17(25)10-21-18(26)11-27-20-15-8-3-4-9-16(15)22-12-23-20/h3-9,12H,10-11H2,1-2H3,(H,21,26)(H,24,25). The Morgan fingerprint density at radius 3 is 2.48 bits per heavy atom. The molecule has 0 spiro atoms. The molecule has 0 aliphatic carbocycles. The van der Waals surface area contributed by atoms with Gasteiger partial charge in [0.15, 0.2) is 0 Å². The molecule has 0 saturated heterocycles. The fourth-order valence-electron chi connectivity index (χ4n) is 2.65. The number of thioether (sulfide) groups is 1. The zero-order valence-electron chi connectivity index (χ0n) is 15.2. The first kappa shape index (κ1) is 18.8. The van der Waals surface area contributed by atoms with Gasteiger partial charge in [0.25, 0.3) is 0 Å². The number of amides is 2. The third-order valence-corrected chi connectivity index (χ3v) is 5.04. The molecular formula is C20H20N4O2S. The minimum atomic E-state index is -0.252. The van der Waals surface area contributed by atoms with E-state index in [1.54, 1.807) is 0 Å². The summed E-state index contributed by atoms with van der Waals surface area (Å²) in [5.41, 5.74) is 3.60. The van der Waals surface area contributed by atoms with Gasteiger partial charge in [0, 0.05) is 11.1 Å². The Morgan fingerprint density at radius 1 is 0.963 bits per heavy atom. The summed E-state index contributed by atoms with van der Waals surface area (Å²) in [4.78, 5) is 32.7. The molecule has 6 nitrogen and oxygen atoms in total. The molecule has 2 N–H and O–H groups in total. The maximum absolute atomic E-state index is 12.1. The average molecular weight is 380 g/mol. The van der Waals surface area contributed by atoms with Gasteiger partial charge in [-0.15, -0.1) is 0 Å². The number of fused-ring (bicyclic) bond motifs is 1. The highest BCUT2D eigenvalue weighted by molar-refractivity contribution is 8.00. The van der Waals surface area contributed by atoms with Crippen molar-refractivity contribution in [3.63, 3.8) is 0 Å². The molecule has 27 heavy (non-hydrogen) atoms. The van der Waals surface area contributed by atoms with Crippen LogP contribution in [0.5, 0.6) is 0 Å². The summed E-state index contributed by atoms with van der Waals surface area (Å²) in [6.45, 7) is 3.80. The van der Waals surface area contributed by atoms with Crippen molar-refractivity contribution in [2.24, 2.45) is 0 Å². The minimum absolute atomic E-state index is 0.0717. The monoisotopic (exact) mass is 380 g/mol. The molecule has 0 unspecified atom stereocenters. The van der Waals surface area contributed by atoms with Crippen LogP contribution in [0.3, 0.4) is 0 Å². The third-order valence-electron chi connectivity index (χ3n) is 4.04. The number of para-hydroxylation sites is 2. The predicted octanol–water partition coefficient (Wildman–Crippen LogP) is 3.09. The van der Waals surface area contributed by atoms with Crippen LogP contribution in [0.25, 0.3) is 10.9 Å². The van der Waals surface area contributed by atoms with Gasteiger partial charge in [-0.2, -0.15) is 0 Å². The van der Waals surface area contributed by atoms with Crippen LogP contribution in [0.4, 0.5) is 5.69 Å². The molecular weight excluding hydrogens is 360 g/mol. The fraction of sp³-hybridized carbons (Fsp3) is 0.200. The third kappa shape index (κ3) is 4.83. The number of hydrogen-bond acceptors (Lipinski definition) is 5. The Bertz CT molecular complexity index is 965. The molecule has 1 heterocycles. The van der Waals surface area contributed by atoms with Crippen molar-refractivity contribution in [2.75, 3.05) is 17.6 Å². The van der Waals surface area contributed by atoms with Crippen molar-refractivity contribution in [1.29, 1.82) is 0 Å². The predicted molar refractivity (Wildman–Crippen MR) is 108 cm³/mol. The molecule has 0 aliphatic rings. The van der Waals surface area contributed by atoms with Crippen LogP contribution in [-0.2, 0) is 9.59 Å². The van der Waals surface area contributed by atoms with E-state index in [2.05, 4.69) is 20.6 Å². The average Bonchev–Trinajstić information content (AvgIpc) is 2.67. The van der Waals surface area contributed by atoms with Gasteiger partial charge in [0.05, 0.1) is 17.8 Å². The van der Waals surface area contributed by atoms with Gasteiger partial charge in [0.1, 0.15) is 11.4 Å². The number of carbonyl (C=O) groups is 2. The molecule has 0 fully saturated rings. The lowest BCUT2D eigenvalue weighted by molar-refractivity contribution is -0.122. The van der Waals surface area contributed by atoms with Crippen LogP contribution in [0, 0.1) is 13.8 Å². The van der Waals surface area contributed by atoms with Crippen LogP contribution in [0.1, 0.15) is 11.1 Å². The van der Waals surface area contributed by atoms with E-state index in [4.69, 9.17) is 0 Å². The molecule has 0 saturated carbocycles. The SMILES string of the molecule is Cc1cccc(C)c1NC(=O)CNC(=O)CSc1ncnc2ccccc12. The number of anilines is 1. The molecule has 0 aliphatic heterocycles. The molecule has 3 aromatic rings. The highest BCUT2D eigenvalue weighted by Crippen LogP contribution is 2.23. The molecule has 2 aromatic carbocycles. The van der Waals surface area contributed by atoms with Gasteiger partial charge in [-0.1, -0.05) is 48.2 Å². The van der Waals surface area contributed by atoms with Gasteiger partial charge in [0.2, 0.25) is 11.8 Å². The summed E-state index contributed by atoms with van der Waals surface area (Å²) in [6, 6.07) is 13.5.